The van der Waals surface area contributed by atoms with Crippen molar-refractivity contribution in [1.82, 2.24) is 5.32 Å². The van der Waals surface area contributed by atoms with Gasteiger partial charge in [0.05, 0.1) is 5.69 Å². The molecule has 21 heavy (non-hydrogen) atoms. The molecule has 0 fully saturated rings. The summed E-state index contributed by atoms with van der Waals surface area (Å²) in [4.78, 5) is 12.3. The molecule has 2 rings (SSSR count). The summed E-state index contributed by atoms with van der Waals surface area (Å²) >= 11 is 0. The van der Waals surface area contributed by atoms with Crippen molar-refractivity contribution >= 4 is 11.6 Å². The number of likely N-dealkylation sites (N-methyl/N-ethyl adjacent to an activating group) is 1. The lowest BCUT2D eigenvalue weighted by Crippen LogP contribution is -2.17. The second-order valence-corrected chi connectivity index (χ2v) is 4.95. The number of nitrogens with one attached hydrogen (secondary N) is 2. The molecule has 110 valence electrons. The van der Waals surface area contributed by atoms with E-state index in [1.54, 1.807) is 18.2 Å². The average molecular weight is 286 g/mol. The molecule has 0 aliphatic rings. The van der Waals surface area contributed by atoms with Crippen LogP contribution in [-0.4, -0.2) is 19.5 Å². The van der Waals surface area contributed by atoms with Gasteiger partial charge in [0.2, 0.25) is 0 Å². The van der Waals surface area contributed by atoms with Crippen molar-refractivity contribution < 1.29 is 9.18 Å². The van der Waals surface area contributed by atoms with Crippen LogP contribution in [0.4, 0.5) is 10.1 Å². The monoisotopic (exact) mass is 286 g/mol. The van der Waals surface area contributed by atoms with E-state index < -0.39 is 5.82 Å². The summed E-state index contributed by atoms with van der Waals surface area (Å²) in [5.74, 6) is -0.708. The average Bonchev–Trinajstić information content (AvgIpc) is 2.48. The first-order valence-electron chi connectivity index (χ1n) is 6.92. The summed E-state index contributed by atoms with van der Waals surface area (Å²) in [6.45, 7) is 2.59. The Morgan fingerprint density at radius 2 is 1.95 bits per heavy atom. The smallest absolute Gasteiger partial charge is 0.256 e. The molecule has 0 unspecified atom stereocenters. The lowest BCUT2D eigenvalue weighted by Gasteiger charge is -2.11. The molecule has 3 nitrogen and oxygen atoms in total. The molecule has 0 aliphatic heterocycles. The molecule has 0 saturated carbocycles. The number of amides is 1. The number of benzene rings is 2. The molecule has 2 aromatic carbocycles. The summed E-state index contributed by atoms with van der Waals surface area (Å²) in [6.07, 6.45) is 0.747. The first-order valence-corrected chi connectivity index (χ1v) is 6.92. The molecule has 2 aromatic rings. The Labute approximate surface area is 124 Å². The van der Waals surface area contributed by atoms with E-state index in [4.69, 9.17) is 0 Å². The topological polar surface area (TPSA) is 41.1 Å². The first-order chi connectivity index (χ1) is 10.1. The maximum absolute atomic E-state index is 13.8. The number of anilines is 1. The predicted octanol–water partition coefficient (Wildman–Crippen LogP) is 3.15. The molecule has 1 amide bonds. The zero-order valence-corrected chi connectivity index (χ0v) is 12.2. The van der Waals surface area contributed by atoms with Gasteiger partial charge in [-0.2, -0.15) is 0 Å². The molecular formula is C17H19FN2O. The van der Waals surface area contributed by atoms with Gasteiger partial charge in [0.1, 0.15) is 5.82 Å². The summed E-state index contributed by atoms with van der Waals surface area (Å²) in [5.41, 5.74) is 2.54. The van der Waals surface area contributed by atoms with Crippen molar-refractivity contribution in [3.63, 3.8) is 0 Å². The van der Waals surface area contributed by atoms with Crippen molar-refractivity contribution in [3.8, 4) is 0 Å². The lowest BCUT2D eigenvalue weighted by atomic mass is 10.0. The van der Waals surface area contributed by atoms with Crippen molar-refractivity contribution in [1.29, 1.82) is 0 Å². The van der Waals surface area contributed by atoms with E-state index in [-0.39, 0.29) is 11.6 Å². The largest absolute Gasteiger partial charge is 0.319 e. The Morgan fingerprint density at radius 1 is 1.19 bits per heavy atom. The number of aryl methyl sites for hydroxylation is 1. The van der Waals surface area contributed by atoms with Crippen LogP contribution in [0.3, 0.4) is 0 Å². The van der Waals surface area contributed by atoms with Gasteiger partial charge in [0, 0.05) is 5.56 Å². The van der Waals surface area contributed by atoms with Gasteiger partial charge >= 0.3 is 0 Å². The quantitative estimate of drug-likeness (QED) is 0.886. The number of carbonyl (C=O) groups is 1. The molecule has 4 heteroatoms. The van der Waals surface area contributed by atoms with Gasteiger partial charge in [-0.25, -0.2) is 4.39 Å². The van der Waals surface area contributed by atoms with E-state index in [2.05, 4.69) is 10.6 Å². The molecule has 0 bridgehead atoms. The van der Waals surface area contributed by atoms with Gasteiger partial charge in [0.15, 0.2) is 0 Å². The summed E-state index contributed by atoms with van der Waals surface area (Å²) in [7, 11) is 1.87. The Bertz CT molecular complexity index is 640. The minimum atomic E-state index is -0.420. The van der Waals surface area contributed by atoms with Gasteiger partial charge in [-0.15, -0.1) is 0 Å². The normalized spacial score (nSPS) is 10.4. The molecule has 2 N–H and O–H groups in total. The second-order valence-electron chi connectivity index (χ2n) is 4.95. The first kappa shape index (κ1) is 15.2. The van der Waals surface area contributed by atoms with Gasteiger partial charge in [-0.05, 0) is 56.3 Å². The molecule has 0 saturated heterocycles. The van der Waals surface area contributed by atoms with Gasteiger partial charge < -0.3 is 10.6 Å². The SMILES string of the molecule is CNCCc1ccccc1C(=O)Nc1ccc(C)cc1F. The Balaban J connectivity index is 2.20. The van der Waals surface area contributed by atoms with Crippen LogP contribution in [0.5, 0.6) is 0 Å². The summed E-state index contributed by atoms with van der Waals surface area (Å²) < 4.78 is 13.8. The fourth-order valence-electron chi connectivity index (χ4n) is 2.13. The molecule has 0 atom stereocenters. The van der Waals surface area contributed by atoms with Crippen LogP contribution < -0.4 is 10.6 Å². The molecule has 0 heterocycles. The van der Waals surface area contributed by atoms with Gasteiger partial charge in [-0.1, -0.05) is 24.3 Å². The molecular weight excluding hydrogens is 267 g/mol. The van der Waals surface area contributed by atoms with E-state index in [1.165, 1.54) is 6.07 Å². The van der Waals surface area contributed by atoms with Crippen molar-refractivity contribution in [3.05, 3.63) is 65.0 Å². The van der Waals surface area contributed by atoms with Crippen molar-refractivity contribution in [2.24, 2.45) is 0 Å². The highest BCUT2D eigenvalue weighted by molar-refractivity contribution is 6.05. The van der Waals surface area contributed by atoms with E-state index >= 15 is 0 Å². The van der Waals surface area contributed by atoms with Crippen LogP contribution in [0.1, 0.15) is 21.5 Å². The summed E-state index contributed by atoms with van der Waals surface area (Å²) in [5, 5.41) is 5.69. The molecule has 0 aromatic heterocycles. The summed E-state index contributed by atoms with van der Waals surface area (Å²) in [6, 6.07) is 12.1. The number of hydrogen-bond acceptors (Lipinski definition) is 2. The Morgan fingerprint density at radius 3 is 2.67 bits per heavy atom. The predicted molar refractivity (Wildman–Crippen MR) is 83.2 cm³/mol. The highest BCUT2D eigenvalue weighted by atomic mass is 19.1. The fourth-order valence-corrected chi connectivity index (χ4v) is 2.13. The fraction of sp³-hybridized carbons (Fsp3) is 0.235. The maximum atomic E-state index is 13.8. The van der Waals surface area contributed by atoms with E-state index in [9.17, 15) is 9.18 Å². The van der Waals surface area contributed by atoms with Crippen LogP contribution in [0.25, 0.3) is 0 Å². The molecule has 0 spiro atoms. The van der Waals surface area contributed by atoms with Crippen LogP contribution in [0.2, 0.25) is 0 Å². The lowest BCUT2D eigenvalue weighted by molar-refractivity contribution is 0.102. The minimum absolute atomic E-state index is 0.203. The van der Waals surface area contributed by atoms with Gasteiger partial charge in [0.25, 0.3) is 5.91 Å². The third-order valence-corrected chi connectivity index (χ3v) is 3.28. The second kappa shape index (κ2) is 6.99. The zero-order valence-electron chi connectivity index (χ0n) is 12.2. The highest BCUT2D eigenvalue weighted by Gasteiger charge is 2.12. The van der Waals surface area contributed by atoms with E-state index in [1.807, 2.05) is 32.2 Å². The number of hydrogen-bond donors (Lipinski definition) is 2. The zero-order chi connectivity index (χ0) is 15.2. The Hall–Kier alpha value is -2.20. The minimum Gasteiger partial charge on any atom is -0.319 e. The van der Waals surface area contributed by atoms with Crippen LogP contribution in [0, 0.1) is 12.7 Å². The molecule has 0 aliphatic carbocycles. The van der Waals surface area contributed by atoms with Gasteiger partial charge in [-0.3, -0.25) is 4.79 Å². The van der Waals surface area contributed by atoms with E-state index in [0.29, 0.717) is 5.56 Å². The third-order valence-electron chi connectivity index (χ3n) is 3.28. The van der Waals surface area contributed by atoms with Crippen molar-refractivity contribution in [2.45, 2.75) is 13.3 Å². The van der Waals surface area contributed by atoms with Crippen molar-refractivity contribution in [2.75, 3.05) is 18.9 Å². The number of halogens is 1. The van der Waals surface area contributed by atoms with E-state index in [0.717, 1.165) is 24.1 Å². The standard InChI is InChI=1S/C17H19FN2O/c1-12-7-8-16(15(18)11-12)20-17(21)14-6-4-3-5-13(14)9-10-19-2/h3-8,11,19H,9-10H2,1-2H3,(H,20,21). The number of carbonyl (C=O) groups excluding carboxylic acids is 1. The third kappa shape index (κ3) is 3.89. The molecule has 0 radical (unpaired) electrons. The Kier molecular flexibility index (Phi) is 5.06. The maximum Gasteiger partial charge on any atom is 0.256 e. The highest BCUT2D eigenvalue weighted by Crippen LogP contribution is 2.18. The van der Waals surface area contributed by atoms with Crippen LogP contribution in [-0.2, 0) is 6.42 Å². The number of rotatable bonds is 5. The van der Waals surface area contributed by atoms with Crippen LogP contribution in [0.15, 0.2) is 42.5 Å². The van der Waals surface area contributed by atoms with Crippen LogP contribution >= 0.6 is 0 Å².